The molecule has 0 saturated carbocycles. The number of ether oxygens (including phenoxy) is 1. The number of rotatable bonds is 59. The number of unbranched alkanes of at least 4 members (excludes halogenated alkanes) is 46. The van der Waals surface area contributed by atoms with Crippen LogP contribution in [0.25, 0.3) is 0 Å². The van der Waals surface area contributed by atoms with Gasteiger partial charge >= 0.3 is 5.97 Å². The first kappa shape index (κ1) is 68.3. The van der Waals surface area contributed by atoms with Gasteiger partial charge in [-0.15, -0.1) is 0 Å². The number of carbonyl (C=O) groups is 2. The van der Waals surface area contributed by atoms with Crippen molar-refractivity contribution in [3.8, 4) is 0 Å². The molecule has 3 N–H and O–H groups in total. The fourth-order valence-electron chi connectivity index (χ4n) is 9.87. The van der Waals surface area contributed by atoms with Crippen molar-refractivity contribution < 1.29 is 24.5 Å². The lowest BCUT2D eigenvalue weighted by molar-refractivity contribution is -0.143. The molecule has 6 nitrogen and oxygen atoms in total. The van der Waals surface area contributed by atoms with Crippen molar-refractivity contribution in [2.45, 2.75) is 360 Å². The molecule has 2 unspecified atom stereocenters. The van der Waals surface area contributed by atoms with Crippen LogP contribution in [0.4, 0.5) is 0 Å². The molecule has 0 bridgehead atoms. The highest BCUT2D eigenvalue weighted by molar-refractivity contribution is 5.76. The molecule has 0 radical (unpaired) electrons. The highest BCUT2D eigenvalue weighted by Gasteiger charge is 2.18. The first-order valence-corrected chi connectivity index (χ1v) is 31.6. The van der Waals surface area contributed by atoms with E-state index in [2.05, 4.69) is 31.3 Å². The molecule has 0 rings (SSSR count). The molecule has 0 spiro atoms. The van der Waals surface area contributed by atoms with Gasteiger partial charge in [-0.05, 0) is 57.8 Å². The summed E-state index contributed by atoms with van der Waals surface area (Å²) in [5.41, 5.74) is 0. The Hall–Kier alpha value is -1.66. The normalized spacial score (nSPS) is 12.7. The summed E-state index contributed by atoms with van der Waals surface area (Å²) < 4.78 is 5.45. The van der Waals surface area contributed by atoms with Crippen LogP contribution in [0.1, 0.15) is 348 Å². The SMILES string of the molecule is CCCCCCCCCCCCCCCCCCCCCCCCC/C=C/C(O)C(CO)NC(=O)CCCCCCCCC/C=C\CCCCCCCCOC(=O)CCCCCCCCCCCCC. The third-order valence-corrected chi connectivity index (χ3v) is 14.7. The maximum absolute atomic E-state index is 12.5. The van der Waals surface area contributed by atoms with Gasteiger partial charge in [-0.25, -0.2) is 0 Å². The number of nitrogens with one attached hydrogen (secondary N) is 1. The van der Waals surface area contributed by atoms with Crippen LogP contribution < -0.4 is 5.32 Å². The van der Waals surface area contributed by atoms with Crippen molar-refractivity contribution >= 4 is 11.9 Å². The number of carbonyl (C=O) groups excluding carboxylic acids is 2. The van der Waals surface area contributed by atoms with E-state index >= 15 is 0 Å². The van der Waals surface area contributed by atoms with E-state index in [4.69, 9.17) is 4.74 Å². The van der Waals surface area contributed by atoms with Crippen LogP contribution in [-0.2, 0) is 14.3 Å². The molecule has 0 aliphatic heterocycles. The molecule has 0 aliphatic rings. The Balaban J connectivity index is 3.48. The summed E-state index contributed by atoms with van der Waals surface area (Å²) in [4.78, 5) is 24.5. The van der Waals surface area contributed by atoms with E-state index in [1.807, 2.05) is 6.08 Å². The number of allylic oxidation sites excluding steroid dienone is 3. The average molecular weight is 987 g/mol. The molecular weight excluding hydrogens is 863 g/mol. The minimum Gasteiger partial charge on any atom is -0.466 e. The van der Waals surface area contributed by atoms with Crippen LogP contribution in [0.2, 0.25) is 0 Å². The van der Waals surface area contributed by atoms with Gasteiger partial charge in [0.05, 0.1) is 25.4 Å². The highest BCUT2D eigenvalue weighted by atomic mass is 16.5. The number of hydrogen-bond acceptors (Lipinski definition) is 5. The smallest absolute Gasteiger partial charge is 0.305 e. The zero-order valence-corrected chi connectivity index (χ0v) is 47.3. The summed E-state index contributed by atoms with van der Waals surface area (Å²) in [5, 5.41) is 23.2. The molecular formula is C64H123NO5. The van der Waals surface area contributed by atoms with Crippen molar-refractivity contribution in [3.63, 3.8) is 0 Å². The van der Waals surface area contributed by atoms with E-state index in [0.29, 0.717) is 19.4 Å². The van der Waals surface area contributed by atoms with Gasteiger partial charge < -0.3 is 20.3 Å². The van der Waals surface area contributed by atoms with Gasteiger partial charge in [0.1, 0.15) is 0 Å². The third-order valence-electron chi connectivity index (χ3n) is 14.7. The predicted octanol–water partition coefficient (Wildman–Crippen LogP) is 19.8. The second-order valence-corrected chi connectivity index (χ2v) is 21.7. The molecule has 2 atom stereocenters. The molecule has 0 heterocycles. The molecule has 70 heavy (non-hydrogen) atoms. The van der Waals surface area contributed by atoms with Crippen LogP contribution in [0.5, 0.6) is 0 Å². The van der Waals surface area contributed by atoms with E-state index in [1.165, 1.54) is 263 Å². The number of amides is 1. The van der Waals surface area contributed by atoms with E-state index in [0.717, 1.165) is 57.8 Å². The van der Waals surface area contributed by atoms with Crippen molar-refractivity contribution in [3.05, 3.63) is 24.3 Å². The maximum Gasteiger partial charge on any atom is 0.305 e. The lowest BCUT2D eigenvalue weighted by Crippen LogP contribution is -2.45. The summed E-state index contributed by atoms with van der Waals surface area (Å²) >= 11 is 0. The summed E-state index contributed by atoms with van der Waals surface area (Å²) in [6.07, 6.45) is 73.6. The van der Waals surface area contributed by atoms with Crippen molar-refractivity contribution in [2.75, 3.05) is 13.2 Å². The second-order valence-electron chi connectivity index (χ2n) is 21.7. The average Bonchev–Trinajstić information content (AvgIpc) is 3.36. The van der Waals surface area contributed by atoms with Crippen LogP contribution in [0, 0.1) is 0 Å². The molecule has 0 aromatic heterocycles. The predicted molar refractivity (Wildman–Crippen MR) is 306 cm³/mol. The summed E-state index contributed by atoms with van der Waals surface area (Å²) in [7, 11) is 0. The Bertz CT molecular complexity index is 1090. The van der Waals surface area contributed by atoms with E-state index < -0.39 is 12.1 Å². The van der Waals surface area contributed by atoms with Gasteiger partial charge in [0.2, 0.25) is 5.91 Å². The molecule has 1 amide bonds. The standard InChI is InChI=1S/C64H123NO5/c1-3-5-7-9-11-13-15-16-17-18-19-20-21-22-23-24-25-27-30-33-37-40-44-48-52-56-62(67)61(60-66)65-63(68)57-53-49-45-41-38-34-31-28-26-29-32-35-39-43-47-51-55-59-70-64(69)58-54-50-46-42-36-14-12-10-8-6-4-2/h26,29,52,56,61-62,66-67H,3-25,27-28,30-51,53-55,57-60H2,1-2H3,(H,65,68)/b29-26-,56-52+. The summed E-state index contributed by atoms with van der Waals surface area (Å²) in [6, 6.07) is -0.638. The van der Waals surface area contributed by atoms with Crippen LogP contribution >= 0.6 is 0 Å². The van der Waals surface area contributed by atoms with Gasteiger partial charge in [0, 0.05) is 12.8 Å². The first-order chi connectivity index (χ1) is 34.5. The number of aliphatic hydroxyl groups excluding tert-OH is 2. The van der Waals surface area contributed by atoms with Crippen LogP contribution in [-0.4, -0.2) is 47.4 Å². The van der Waals surface area contributed by atoms with Gasteiger partial charge in [0.15, 0.2) is 0 Å². The maximum atomic E-state index is 12.5. The van der Waals surface area contributed by atoms with Crippen molar-refractivity contribution in [2.24, 2.45) is 0 Å². The molecule has 6 heteroatoms. The lowest BCUT2D eigenvalue weighted by atomic mass is 10.0. The summed E-state index contributed by atoms with van der Waals surface area (Å²) in [6.45, 7) is 4.90. The molecule has 0 aromatic rings. The number of aliphatic hydroxyl groups is 2. The largest absolute Gasteiger partial charge is 0.466 e. The zero-order valence-electron chi connectivity index (χ0n) is 47.3. The monoisotopic (exact) mass is 986 g/mol. The van der Waals surface area contributed by atoms with E-state index in [-0.39, 0.29) is 18.5 Å². The van der Waals surface area contributed by atoms with Crippen LogP contribution in [0.3, 0.4) is 0 Å². The topological polar surface area (TPSA) is 95.9 Å². The van der Waals surface area contributed by atoms with Gasteiger partial charge in [0.25, 0.3) is 0 Å². The van der Waals surface area contributed by atoms with Gasteiger partial charge in [-0.2, -0.15) is 0 Å². The van der Waals surface area contributed by atoms with Crippen LogP contribution in [0.15, 0.2) is 24.3 Å². The van der Waals surface area contributed by atoms with Crippen molar-refractivity contribution in [1.82, 2.24) is 5.32 Å². The highest BCUT2D eigenvalue weighted by Crippen LogP contribution is 2.18. The second kappa shape index (κ2) is 59.9. The quantitative estimate of drug-likeness (QED) is 0.0321. The Labute approximate surface area is 437 Å². The Kier molecular flexibility index (Phi) is 58.5. The number of hydrogen-bond donors (Lipinski definition) is 3. The fraction of sp³-hybridized carbons (Fsp3) is 0.906. The Morgan fingerprint density at radius 3 is 1.01 bits per heavy atom. The summed E-state index contributed by atoms with van der Waals surface area (Å²) in [5.74, 6) is -0.0788. The molecule has 414 valence electrons. The molecule has 0 aliphatic carbocycles. The fourth-order valence-corrected chi connectivity index (χ4v) is 9.87. The molecule has 0 fully saturated rings. The minimum atomic E-state index is -0.853. The third kappa shape index (κ3) is 55.7. The van der Waals surface area contributed by atoms with Gasteiger partial charge in [-0.3, -0.25) is 9.59 Å². The van der Waals surface area contributed by atoms with E-state index in [1.54, 1.807) is 6.08 Å². The minimum absolute atomic E-state index is 0.00243. The lowest BCUT2D eigenvalue weighted by Gasteiger charge is -2.20. The molecule has 0 aromatic carbocycles. The van der Waals surface area contributed by atoms with E-state index in [9.17, 15) is 19.8 Å². The van der Waals surface area contributed by atoms with Crippen molar-refractivity contribution in [1.29, 1.82) is 0 Å². The van der Waals surface area contributed by atoms with Gasteiger partial charge in [-0.1, -0.05) is 301 Å². The zero-order chi connectivity index (χ0) is 50.7. The molecule has 0 saturated heterocycles. The number of esters is 1. The Morgan fingerprint density at radius 1 is 0.386 bits per heavy atom. The Morgan fingerprint density at radius 2 is 0.671 bits per heavy atom. The first-order valence-electron chi connectivity index (χ1n) is 31.6.